The van der Waals surface area contributed by atoms with Gasteiger partial charge in [0.05, 0.1) is 30.0 Å². The van der Waals surface area contributed by atoms with E-state index in [0.29, 0.717) is 66.3 Å². The Balaban J connectivity index is 1.28. The second kappa shape index (κ2) is 26.7. The number of rotatable bonds is 23. The molecule has 4 N–H and O–H groups in total. The van der Waals surface area contributed by atoms with Crippen LogP contribution in [0.5, 0.6) is 11.5 Å². The predicted molar refractivity (Wildman–Crippen MR) is 279 cm³/mol. The summed E-state index contributed by atoms with van der Waals surface area (Å²) in [6.07, 6.45) is 0.931. The van der Waals surface area contributed by atoms with E-state index in [1.165, 1.54) is 54.6 Å². The molecule has 0 saturated heterocycles. The van der Waals surface area contributed by atoms with Crippen LogP contribution in [0.25, 0.3) is 0 Å². The number of anilines is 4. The standard InChI is InChI=1S/C50H49Cl5N8O8/c1-6-70-39-9-12-42(30(22-39)14-16-51)57-47(66)32-18-34(54)24-37(20-32)60-62-45(28(4)64)49(68)56-36-8-11-44(41(26-36)27(3)53)59-50(69)46(29(5)65)63-61-38-21-33(19-35(55)25-38)48(67)58-43-13-10-40(71-7-2)23-31(43)15-17-52/h8-13,18-27,45-46H,6-7,14-17H2,1-5H3,(H,56,68)(H,57,66)(H,58,67)(H,59,69). The third-order valence-electron chi connectivity index (χ3n) is 10.1. The number of carbonyl (C=O) groups excluding carboxylic acids is 6. The van der Waals surface area contributed by atoms with E-state index in [0.717, 1.165) is 25.0 Å². The summed E-state index contributed by atoms with van der Waals surface area (Å²) in [5.41, 5.74) is 3.70. The molecular formula is C50H49Cl5N8O8. The van der Waals surface area contributed by atoms with Gasteiger partial charge in [-0.25, -0.2) is 0 Å². The minimum Gasteiger partial charge on any atom is -0.494 e. The lowest BCUT2D eigenvalue weighted by atomic mass is 10.1. The Morgan fingerprint density at radius 1 is 0.563 bits per heavy atom. The zero-order valence-corrected chi connectivity index (χ0v) is 42.9. The van der Waals surface area contributed by atoms with Gasteiger partial charge in [-0.15, -0.1) is 34.8 Å². The number of aryl methyl sites for hydroxylation is 2. The van der Waals surface area contributed by atoms with Gasteiger partial charge in [0.2, 0.25) is 12.1 Å². The summed E-state index contributed by atoms with van der Waals surface area (Å²) in [5.74, 6) is -2.15. The number of nitrogens with zero attached hydrogens (tertiary/aromatic N) is 4. The Morgan fingerprint density at radius 3 is 1.41 bits per heavy atom. The summed E-state index contributed by atoms with van der Waals surface area (Å²) in [6.45, 7) is 8.59. The SMILES string of the molecule is CCOc1ccc(NC(=O)c2cc(Cl)cc(N=NC(C(C)=O)C(=O)Nc3ccc(NC(=O)C(N=Nc4cc(Cl)cc(C(=O)Nc5ccc(OCC)cc5CCCl)c4)C(C)=O)c(C(C)Cl)c3)c2)c(CCCl)c1. The molecule has 21 heteroatoms. The number of ether oxygens (including phenoxy) is 2. The van der Waals surface area contributed by atoms with Crippen LogP contribution < -0.4 is 30.7 Å². The molecule has 372 valence electrons. The van der Waals surface area contributed by atoms with Gasteiger partial charge in [0.25, 0.3) is 23.6 Å². The molecule has 0 aliphatic rings. The summed E-state index contributed by atoms with van der Waals surface area (Å²) in [4.78, 5) is 79.3. The van der Waals surface area contributed by atoms with Crippen molar-refractivity contribution < 1.29 is 38.2 Å². The van der Waals surface area contributed by atoms with Crippen LogP contribution in [0.3, 0.4) is 0 Å². The number of hydrogen-bond acceptors (Lipinski definition) is 12. The van der Waals surface area contributed by atoms with Crippen LogP contribution in [-0.4, -0.2) is 72.3 Å². The molecule has 0 aromatic heterocycles. The number of azo groups is 2. The first-order chi connectivity index (χ1) is 33.9. The van der Waals surface area contributed by atoms with Gasteiger partial charge < -0.3 is 30.7 Å². The normalized spacial score (nSPS) is 12.5. The van der Waals surface area contributed by atoms with Gasteiger partial charge in [-0.05, 0) is 155 Å². The van der Waals surface area contributed by atoms with Crippen molar-refractivity contribution in [3.05, 3.63) is 129 Å². The van der Waals surface area contributed by atoms with Gasteiger partial charge in [-0.1, -0.05) is 23.2 Å². The predicted octanol–water partition coefficient (Wildman–Crippen LogP) is 12.5. The summed E-state index contributed by atoms with van der Waals surface area (Å²) >= 11 is 31.3. The van der Waals surface area contributed by atoms with Crippen molar-refractivity contribution in [2.45, 2.75) is 64.9 Å². The Labute approximate surface area is 435 Å². The summed E-state index contributed by atoms with van der Waals surface area (Å²) in [7, 11) is 0. The van der Waals surface area contributed by atoms with E-state index >= 15 is 0 Å². The smallest absolute Gasteiger partial charge is 0.258 e. The minimum absolute atomic E-state index is 0.0888. The van der Waals surface area contributed by atoms with Crippen LogP contribution in [0.1, 0.15) is 77.4 Å². The van der Waals surface area contributed by atoms with E-state index < -0.39 is 52.7 Å². The maximum atomic E-state index is 13.6. The molecule has 0 fully saturated rings. The van der Waals surface area contributed by atoms with Crippen LogP contribution in [0.2, 0.25) is 10.0 Å². The Kier molecular flexibility index (Phi) is 20.9. The zero-order chi connectivity index (χ0) is 51.8. The Bertz CT molecular complexity index is 2860. The highest BCUT2D eigenvalue weighted by atomic mass is 35.5. The number of alkyl halides is 3. The van der Waals surface area contributed by atoms with Gasteiger partial charge in [0, 0.05) is 55.7 Å². The first-order valence-electron chi connectivity index (χ1n) is 22.0. The lowest BCUT2D eigenvalue weighted by Crippen LogP contribution is -2.32. The highest BCUT2D eigenvalue weighted by Crippen LogP contribution is 2.32. The Hall–Kier alpha value is -6.43. The largest absolute Gasteiger partial charge is 0.494 e. The van der Waals surface area contributed by atoms with Crippen LogP contribution >= 0.6 is 58.0 Å². The summed E-state index contributed by atoms with van der Waals surface area (Å²) < 4.78 is 11.2. The number of halogens is 5. The highest BCUT2D eigenvalue weighted by Gasteiger charge is 2.27. The average Bonchev–Trinajstić information content (AvgIpc) is 3.31. The fourth-order valence-corrected chi connectivity index (χ4v) is 7.86. The average molecular weight is 1070 g/mol. The van der Waals surface area contributed by atoms with Crippen molar-refractivity contribution in [2.24, 2.45) is 20.5 Å². The highest BCUT2D eigenvalue weighted by molar-refractivity contribution is 6.32. The zero-order valence-electron chi connectivity index (χ0n) is 39.1. The van der Waals surface area contributed by atoms with Crippen molar-refractivity contribution in [3.8, 4) is 11.5 Å². The van der Waals surface area contributed by atoms with Gasteiger partial charge in [0.15, 0.2) is 11.6 Å². The van der Waals surface area contributed by atoms with Gasteiger partial charge >= 0.3 is 0 Å². The molecule has 0 aliphatic heterocycles. The molecule has 4 amide bonds. The van der Waals surface area contributed by atoms with Crippen LogP contribution in [0.15, 0.2) is 111 Å². The third kappa shape index (κ3) is 16.0. The molecule has 71 heavy (non-hydrogen) atoms. The molecule has 0 saturated carbocycles. The number of ketones is 2. The molecule has 5 aromatic carbocycles. The Morgan fingerprint density at radius 2 is 1.00 bits per heavy atom. The molecule has 0 spiro atoms. The van der Waals surface area contributed by atoms with Gasteiger partial charge in [-0.2, -0.15) is 20.5 Å². The van der Waals surface area contributed by atoms with Gasteiger partial charge in [0.1, 0.15) is 11.5 Å². The minimum atomic E-state index is -1.63. The quantitative estimate of drug-likeness (QED) is 0.0279. The van der Waals surface area contributed by atoms with Crippen molar-refractivity contribution in [1.29, 1.82) is 0 Å². The number of benzene rings is 5. The number of nitrogens with one attached hydrogen (secondary N) is 4. The second-order valence-corrected chi connectivity index (χ2v) is 17.8. The summed E-state index contributed by atoms with van der Waals surface area (Å²) in [5, 5.41) is 26.7. The number of amides is 4. The van der Waals surface area contributed by atoms with Crippen LogP contribution in [0, 0.1) is 0 Å². The maximum Gasteiger partial charge on any atom is 0.258 e. The molecule has 0 radical (unpaired) electrons. The monoisotopic (exact) mass is 1060 g/mol. The maximum absolute atomic E-state index is 13.6. The van der Waals surface area contributed by atoms with E-state index in [1.807, 2.05) is 13.8 Å². The molecule has 5 aromatic rings. The topological polar surface area (TPSA) is 218 Å². The van der Waals surface area contributed by atoms with Crippen molar-refractivity contribution in [1.82, 2.24) is 0 Å². The molecule has 0 aliphatic carbocycles. The first kappa shape index (κ1) is 55.5. The number of Topliss-reactive ketones (excluding diaryl/α,β-unsaturated/α-hetero) is 2. The third-order valence-corrected chi connectivity index (χ3v) is 11.2. The lowest BCUT2D eigenvalue weighted by Gasteiger charge is -2.17. The van der Waals surface area contributed by atoms with Crippen molar-refractivity contribution in [2.75, 3.05) is 46.2 Å². The van der Waals surface area contributed by atoms with E-state index in [2.05, 4.69) is 41.7 Å². The lowest BCUT2D eigenvalue weighted by molar-refractivity contribution is -0.127. The van der Waals surface area contributed by atoms with Crippen molar-refractivity contribution >= 4 is 127 Å². The van der Waals surface area contributed by atoms with Crippen molar-refractivity contribution in [3.63, 3.8) is 0 Å². The number of carbonyl (C=O) groups is 6. The van der Waals surface area contributed by atoms with E-state index in [4.69, 9.17) is 67.5 Å². The molecule has 5 rings (SSSR count). The van der Waals surface area contributed by atoms with Crippen LogP contribution in [-0.2, 0) is 32.0 Å². The molecule has 16 nitrogen and oxygen atoms in total. The molecule has 3 atom stereocenters. The van der Waals surface area contributed by atoms with E-state index in [-0.39, 0.29) is 43.9 Å². The molecule has 3 unspecified atom stereocenters. The molecule has 0 heterocycles. The van der Waals surface area contributed by atoms with E-state index in [1.54, 1.807) is 43.3 Å². The first-order valence-corrected chi connectivity index (χ1v) is 24.3. The van der Waals surface area contributed by atoms with Crippen LogP contribution in [0.4, 0.5) is 34.1 Å². The fraction of sp³-hybridized carbons (Fsp3) is 0.280. The van der Waals surface area contributed by atoms with Gasteiger partial charge in [-0.3, -0.25) is 28.8 Å². The fourth-order valence-electron chi connectivity index (χ4n) is 6.81. The molecule has 0 bridgehead atoms. The van der Waals surface area contributed by atoms with E-state index in [9.17, 15) is 28.8 Å². The second-order valence-electron chi connectivity index (χ2n) is 15.5. The number of hydrogen-bond donors (Lipinski definition) is 4. The molecular weight excluding hydrogens is 1020 g/mol. The summed E-state index contributed by atoms with van der Waals surface area (Å²) in [6, 6.07) is 20.0.